The Morgan fingerprint density at radius 1 is 1.33 bits per heavy atom. The molecule has 0 saturated carbocycles. The van der Waals surface area contributed by atoms with E-state index in [1.54, 1.807) is 31.3 Å². The maximum absolute atomic E-state index is 12.3. The number of hydrogen-bond acceptors (Lipinski definition) is 5. The van der Waals surface area contributed by atoms with Crippen LogP contribution in [-0.2, 0) is 23.0 Å². The third kappa shape index (κ3) is 3.03. The fourth-order valence-corrected chi connectivity index (χ4v) is 3.32. The third-order valence-corrected chi connectivity index (χ3v) is 4.78. The Morgan fingerprint density at radius 2 is 2.19 bits per heavy atom. The van der Waals surface area contributed by atoms with E-state index >= 15 is 0 Å². The first-order valence-electron chi connectivity index (χ1n) is 6.69. The van der Waals surface area contributed by atoms with E-state index < -0.39 is 10.0 Å². The van der Waals surface area contributed by atoms with Crippen LogP contribution in [0.15, 0.2) is 35.4 Å². The Labute approximate surface area is 123 Å². The minimum Gasteiger partial charge on any atom is -0.384 e. The van der Waals surface area contributed by atoms with Crippen molar-refractivity contribution < 1.29 is 8.42 Å². The molecule has 0 spiro atoms. The molecule has 110 valence electrons. The highest BCUT2D eigenvalue weighted by Crippen LogP contribution is 2.25. The second-order valence-electron chi connectivity index (χ2n) is 4.92. The molecule has 0 atom stereocenters. The van der Waals surface area contributed by atoms with Gasteiger partial charge in [0.15, 0.2) is 0 Å². The zero-order chi connectivity index (χ0) is 14.9. The Hall–Kier alpha value is -1.99. The van der Waals surface area contributed by atoms with E-state index in [0.717, 1.165) is 24.2 Å². The molecule has 1 aromatic heterocycles. The van der Waals surface area contributed by atoms with Crippen molar-refractivity contribution in [2.24, 2.45) is 0 Å². The summed E-state index contributed by atoms with van der Waals surface area (Å²) < 4.78 is 27.2. The fourth-order valence-electron chi connectivity index (χ4n) is 2.29. The molecular formula is C14H16N4O2S. The lowest BCUT2D eigenvalue weighted by atomic mass is 10.2. The first-order valence-corrected chi connectivity index (χ1v) is 8.18. The van der Waals surface area contributed by atoms with Crippen LogP contribution >= 0.6 is 0 Å². The first-order chi connectivity index (χ1) is 10.0. The van der Waals surface area contributed by atoms with Crippen LogP contribution in [0.3, 0.4) is 0 Å². The van der Waals surface area contributed by atoms with Crippen LogP contribution in [-0.4, -0.2) is 24.9 Å². The molecule has 2 aromatic rings. The van der Waals surface area contributed by atoms with Crippen molar-refractivity contribution >= 4 is 15.7 Å². The molecule has 0 amide bonds. The normalized spacial score (nSPS) is 13.8. The highest BCUT2D eigenvalue weighted by atomic mass is 32.2. The van der Waals surface area contributed by atoms with Crippen LogP contribution in [0.4, 0.5) is 5.69 Å². The highest BCUT2D eigenvalue weighted by Gasteiger charge is 2.18. The second-order valence-corrected chi connectivity index (χ2v) is 6.68. The molecule has 0 aliphatic carbocycles. The standard InChI is InChI=1S/C14H16N4O2S/c1-10-15-7-5-12(18-10)9-17-21(19,20)13-3-2-11-4-6-16-14(11)8-13/h2-3,5,7-8,16-17H,4,6,9H2,1H3. The summed E-state index contributed by atoms with van der Waals surface area (Å²) >= 11 is 0. The largest absolute Gasteiger partial charge is 0.384 e. The maximum atomic E-state index is 12.3. The average Bonchev–Trinajstić information content (AvgIpc) is 2.93. The van der Waals surface area contributed by atoms with Crippen molar-refractivity contribution in [3.63, 3.8) is 0 Å². The van der Waals surface area contributed by atoms with Gasteiger partial charge in [-0.25, -0.2) is 23.1 Å². The van der Waals surface area contributed by atoms with Crippen molar-refractivity contribution in [2.45, 2.75) is 24.8 Å². The number of nitrogens with one attached hydrogen (secondary N) is 2. The van der Waals surface area contributed by atoms with Gasteiger partial charge in [-0.05, 0) is 37.1 Å². The number of aromatic nitrogens is 2. The minimum absolute atomic E-state index is 0.149. The summed E-state index contributed by atoms with van der Waals surface area (Å²) in [6, 6.07) is 6.87. The van der Waals surface area contributed by atoms with E-state index in [9.17, 15) is 8.42 Å². The Balaban J connectivity index is 1.78. The van der Waals surface area contributed by atoms with Crippen LogP contribution in [0.25, 0.3) is 0 Å². The maximum Gasteiger partial charge on any atom is 0.240 e. The molecule has 1 aliphatic heterocycles. The lowest BCUT2D eigenvalue weighted by molar-refractivity contribution is 0.580. The predicted octanol–water partition coefficient (Wildman–Crippen LogP) is 1.23. The molecule has 2 heterocycles. The van der Waals surface area contributed by atoms with E-state index in [1.165, 1.54) is 0 Å². The first kappa shape index (κ1) is 14.0. The van der Waals surface area contributed by atoms with Gasteiger partial charge in [0.1, 0.15) is 5.82 Å². The highest BCUT2D eigenvalue weighted by molar-refractivity contribution is 7.89. The summed E-state index contributed by atoms with van der Waals surface area (Å²) in [5.74, 6) is 0.619. The van der Waals surface area contributed by atoms with Gasteiger partial charge in [-0.2, -0.15) is 0 Å². The van der Waals surface area contributed by atoms with Gasteiger partial charge >= 0.3 is 0 Å². The summed E-state index contributed by atoms with van der Waals surface area (Å²) in [5.41, 5.74) is 2.70. The average molecular weight is 304 g/mol. The van der Waals surface area contributed by atoms with Gasteiger partial charge in [0.25, 0.3) is 0 Å². The third-order valence-electron chi connectivity index (χ3n) is 3.38. The molecule has 0 bridgehead atoms. The fraction of sp³-hybridized carbons (Fsp3) is 0.286. The Morgan fingerprint density at radius 3 is 3.00 bits per heavy atom. The van der Waals surface area contributed by atoms with Crippen molar-refractivity contribution in [3.8, 4) is 0 Å². The van der Waals surface area contributed by atoms with Crippen molar-refractivity contribution in [1.29, 1.82) is 0 Å². The number of rotatable bonds is 4. The SMILES string of the molecule is Cc1nccc(CNS(=O)(=O)c2ccc3c(c2)NCC3)n1. The number of benzene rings is 1. The lowest BCUT2D eigenvalue weighted by Gasteiger charge is -2.08. The zero-order valence-corrected chi connectivity index (χ0v) is 12.4. The van der Waals surface area contributed by atoms with Crippen molar-refractivity contribution in [3.05, 3.63) is 47.5 Å². The molecule has 6 nitrogen and oxygen atoms in total. The van der Waals surface area contributed by atoms with Gasteiger partial charge in [-0.3, -0.25) is 0 Å². The number of anilines is 1. The van der Waals surface area contributed by atoms with E-state index in [0.29, 0.717) is 11.5 Å². The van der Waals surface area contributed by atoms with E-state index in [1.807, 2.05) is 6.07 Å². The second kappa shape index (κ2) is 5.42. The van der Waals surface area contributed by atoms with Crippen molar-refractivity contribution in [1.82, 2.24) is 14.7 Å². The molecular weight excluding hydrogens is 288 g/mol. The zero-order valence-electron chi connectivity index (χ0n) is 11.6. The van der Waals surface area contributed by atoms with Crippen LogP contribution < -0.4 is 10.0 Å². The molecule has 0 saturated heterocycles. The lowest BCUT2D eigenvalue weighted by Crippen LogP contribution is -2.24. The smallest absolute Gasteiger partial charge is 0.240 e. The summed E-state index contributed by atoms with van der Waals surface area (Å²) in [4.78, 5) is 8.43. The van der Waals surface area contributed by atoms with E-state index in [4.69, 9.17) is 0 Å². The minimum atomic E-state index is -3.54. The van der Waals surface area contributed by atoms with Gasteiger partial charge in [0.05, 0.1) is 17.1 Å². The molecule has 3 rings (SSSR count). The topological polar surface area (TPSA) is 84.0 Å². The number of hydrogen-bond donors (Lipinski definition) is 2. The molecule has 2 N–H and O–H groups in total. The molecule has 1 aromatic carbocycles. The summed E-state index contributed by atoms with van der Waals surface area (Å²) in [5, 5.41) is 3.18. The van der Waals surface area contributed by atoms with Gasteiger partial charge < -0.3 is 5.32 Å². The molecule has 0 radical (unpaired) electrons. The number of sulfonamides is 1. The molecule has 0 unspecified atom stereocenters. The molecule has 21 heavy (non-hydrogen) atoms. The van der Waals surface area contributed by atoms with Crippen molar-refractivity contribution in [2.75, 3.05) is 11.9 Å². The Bertz CT molecular complexity index is 774. The van der Waals surface area contributed by atoms with Gasteiger partial charge in [0, 0.05) is 18.4 Å². The number of fused-ring (bicyclic) bond motifs is 1. The molecule has 0 fully saturated rings. The summed E-state index contributed by atoms with van der Waals surface area (Å²) in [7, 11) is -3.54. The van der Waals surface area contributed by atoms with Crippen LogP contribution in [0.2, 0.25) is 0 Å². The molecule has 1 aliphatic rings. The van der Waals surface area contributed by atoms with Crippen LogP contribution in [0.1, 0.15) is 17.1 Å². The van der Waals surface area contributed by atoms with Gasteiger partial charge in [0.2, 0.25) is 10.0 Å². The quantitative estimate of drug-likeness (QED) is 0.887. The van der Waals surface area contributed by atoms with Crippen LogP contribution in [0.5, 0.6) is 0 Å². The summed E-state index contributed by atoms with van der Waals surface area (Å²) in [6.45, 7) is 2.77. The van der Waals surface area contributed by atoms with Gasteiger partial charge in [-0.15, -0.1) is 0 Å². The Kier molecular flexibility index (Phi) is 3.60. The summed E-state index contributed by atoms with van der Waals surface area (Å²) in [6.07, 6.45) is 2.55. The number of nitrogens with zero attached hydrogens (tertiary/aromatic N) is 2. The monoisotopic (exact) mass is 304 g/mol. The molecule has 7 heteroatoms. The van der Waals surface area contributed by atoms with Crippen LogP contribution in [0, 0.1) is 6.92 Å². The number of aryl methyl sites for hydroxylation is 1. The van der Waals surface area contributed by atoms with E-state index in [-0.39, 0.29) is 11.4 Å². The predicted molar refractivity (Wildman–Crippen MR) is 79.4 cm³/mol. The van der Waals surface area contributed by atoms with Gasteiger partial charge in [-0.1, -0.05) is 6.07 Å². The van der Waals surface area contributed by atoms with E-state index in [2.05, 4.69) is 20.0 Å².